The summed E-state index contributed by atoms with van der Waals surface area (Å²) < 4.78 is 0. The highest BCUT2D eigenvalue weighted by Crippen LogP contribution is 2.21. The first-order valence-electron chi connectivity index (χ1n) is 35.8. The van der Waals surface area contributed by atoms with Crippen molar-refractivity contribution in [3.63, 3.8) is 0 Å². The Morgan fingerprint density at radius 2 is 0.906 bits per heavy atom. The zero-order valence-corrected chi connectivity index (χ0v) is 61.9. The Labute approximate surface area is 616 Å². The van der Waals surface area contributed by atoms with E-state index in [1.807, 2.05) is 0 Å². The van der Waals surface area contributed by atoms with Crippen molar-refractivity contribution in [2.24, 2.45) is 35.0 Å². The van der Waals surface area contributed by atoms with E-state index in [9.17, 15) is 87.2 Å². The van der Waals surface area contributed by atoms with Crippen molar-refractivity contribution in [3.8, 4) is 0 Å². The molecule has 588 valence electrons. The van der Waals surface area contributed by atoms with Crippen molar-refractivity contribution in [2.45, 2.75) is 205 Å². The summed E-state index contributed by atoms with van der Waals surface area (Å²) in [6.45, 7) is 10.1. The number of nitrogens with zero attached hydrogens (tertiary/aromatic N) is 1. The average Bonchev–Trinajstić information content (AvgIpc) is 1.65. The Balaban J connectivity index is 1.82. The van der Waals surface area contributed by atoms with Gasteiger partial charge in [-0.2, -0.15) is 0 Å². The molecule has 106 heavy (non-hydrogen) atoms. The number of hydrogen-bond acceptors (Lipinski definition) is 19. The highest BCUT2D eigenvalue weighted by molar-refractivity contribution is 6.00. The van der Waals surface area contributed by atoms with Gasteiger partial charge in [0.1, 0.15) is 66.5 Å². The van der Waals surface area contributed by atoms with Crippen molar-refractivity contribution in [1.82, 2.24) is 73.7 Å². The maximum atomic E-state index is 14.5. The molecule has 1 heterocycles. The maximum absolute atomic E-state index is 14.5. The normalized spacial score (nSPS) is 14.3. The molecule has 0 saturated heterocycles. The largest absolute Gasteiger partial charge is 0.481 e. The number of unbranched alkanes of at least 4 members (excludes halogenated alkanes) is 4. The SMILES string of the molecule is CCCCCCCC(=O)N[C@@H](C(=O)N[C@H](CCN)C(=O)NCC(=O)N[C@H](CO)C(=O)N[C@H](Cc1c[nH]c2ccccc12)C(=O)N(C)CC(=O)N[C@@H](CCN)C(=O)N[C@H](CCN)C(=O)N[C@@H](Cc1ccccc1)C(=O)N[C@@H](CCC(=O)O)C(=O)N[C@H](C(=O)N[C@@H](C(=O)N[C@@H](C)C(=O)O)C(C)C)C(C)C)C(C)C. The number of benzene rings is 2. The van der Waals surface area contributed by atoms with Crippen LogP contribution in [0.3, 0.4) is 0 Å². The number of aliphatic carboxylic acids is 2. The molecule has 1 aromatic heterocycles. The monoisotopic (exact) mass is 1490 g/mol. The summed E-state index contributed by atoms with van der Waals surface area (Å²) in [4.78, 5) is 207. The first kappa shape index (κ1) is 90.1. The molecule has 0 spiro atoms. The molecule has 11 atom stereocenters. The maximum Gasteiger partial charge on any atom is 0.325 e. The molecule has 0 aliphatic rings. The molecule has 0 saturated carbocycles. The van der Waals surface area contributed by atoms with E-state index in [1.54, 1.807) is 102 Å². The van der Waals surface area contributed by atoms with Gasteiger partial charge in [-0.3, -0.25) is 71.9 Å². The van der Waals surface area contributed by atoms with Gasteiger partial charge in [0.05, 0.1) is 19.7 Å². The number of rotatable bonds is 49. The number of carbonyl (C=O) groups is 15. The van der Waals surface area contributed by atoms with Crippen LogP contribution in [0.5, 0.6) is 0 Å². The number of aliphatic hydroxyl groups excluding tert-OH is 1. The van der Waals surface area contributed by atoms with E-state index in [-0.39, 0.29) is 70.0 Å². The smallest absolute Gasteiger partial charge is 0.325 e. The van der Waals surface area contributed by atoms with Crippen LogP contribution in [0.25, 0.3) is 10.9 Å². The summed E-state index contributed by atoms with van der Waals surface area (Å²) in [6, 6.07) is -0.355. The van der Waals surface area contributed by atoms with E-state index in [1.165, 1.54) is 14.0 Å². The number of para-hydroxylation sites is 1. The summed E-state index contributed by atoms with van der Waals surface area (Å²) in [5.74, 6) is -15.5. The second kappa shape index (κ2) is 46.6. The molecule has 3 aromatic rings. The van der Waals surface area contributed by atoms with Crippen LogP contribution in [-0.4, -0.2) is 227 Å². The highest BCUT2D eigenvalue weighted by Gasteiger charge is 2.38. The van der Waals surface area contributed by atoms with Crippen LogP contribution in [0.4, 0.5) is 0 Å². The van der Waals surface area contributed by atoms with Crippen LogP contribution in [0, 0.1) is 17.8 Å². The standard InChI is InChI=1S/C71H111N17O18/c1-10-11-12-13-17-24-54(90)85-58(39(2)3)68(102)82-48(27-30-72)61(95)76-36-55(91)79-53(38-89)66(100)84-52(34-44-35-75-46-23-19-18-22-45(44)46)70(104)88(9)37-56(92)78-49(28-31-73)62(96)81-50(29-32-74)63(97)83-51(33-43-20-15-14-16-21-43)65(99)80-47(25-26-57(93)94)64(98)86-60(41(6)7)69(103)87-59(40(4)5)67(101)77-42(8)71(105)106/h14-16,18-23,35,39-42,47-53,58-60,75,89H,10-13,17,24-34,36-38,72-74H2,1-9H3,(H,76,95)(H,77,101)(H,78,92)(H,79,91)(H,80,99)(H,81,96)(H,82,102)(H,83,97)(H,84,100)(H,85,90)(H,86,98)(H,87,103)(H,93,94)(H,105,106)/t42-,47-,48+,49-,50+,51-,52+,53+,58+,59+,60-/m0/s1. The Morgan fingerprint density at radius 3 is 1.46 bits per heavy atom. The molecular formula is C71H111N17O18. The van der Waals surface area contributed by atoms with Crippen LogP contribution < -0.4 is 81.0 Å². The van der Waals surface area contributed by atoms with Crippen LogP contribution in [0.15, 0.2) is 60.8 Å². The van der Waals surface area contributed by atoms with Gasteiger partial charge in [-0.05, 0) is 93.6 Å². The van der Waals surface area contributed by atoms with Gasteiger partial charge in [0.15, 0.2) is 0 Å². The Kier molecular flexibility index (Phi) is 39.6. The van der Waals surface area contributed by atoms with E-state index >= 15 is 0 Å². The molecular weight excluding hydrogens is 1380 g/mol. The molecule has 13 amide bonds. The van der Waals surface area contributed by atoms with E-state index in [4.69, 9.17) is 17.2 Å². The van der Waals surface area contributed by atoms with Gasteiger partial charge in [-0.1, -0.05) is 123 Å². The predicted molar refractivity (Wildman–Crippen MR) is 390 cm³/mol. The quantitative estimate of drug-likeness (QED) is 0.0254. The number of carboxylic acid groups (broad SMARTS) is 2. The lowest BCUT2D eigenvalue weighted by Crippen LogP contribution is -2.61. The summed E-state index contributed by atoms with van der Waals surface area (Å²) in [5, 5.41) is 60.3. The van der Waals surface area contributed by atoms with Gasteiger partial charge in [0.2, 0.25) is 76.8 Å². The lowest BCUT2D eigenvalue weighted by atomic mass is 9.98. The van der Waals surface area contributed by atoms with Crippen molar-refractivity contribution in [2.75, 3.05) is 46.4 Å². The number of aliphatic hydroxyl groups is 1. The van der Waals surface area contributed by atoms with Crippen molar-refractivity contribution < 1.29 is 87.2 Å². The number of H-pyrrole nitrogens is 1. The number of amides is 13. The number of carbonyl (C=O) groups excluding carboxylic acids is 13. The van der Waals surface area contributed by atoms with E-state index in [0.29, 0.717) is 28.5 Å². The number of likely N-dealkylation sites (N-methyl/N-ethyl adjacent to an activating group) is 1. The molecule has 0 radical (unpaired) electrons. The molecule has 22 N–H and O–H groups in total. The van der Waals surface area contributed by atoms with Gasteiger partial charge in [0.25, 0.3) is 0 Å². The fourth-order valence-electron chi connectivity index (χ4n) is 11.1. The van der Waals surface area contributed by atoms with E-state index in [0.717, 1.165) is 30.6 Å². The molecule has 35 heteroatoms. The van der Waals surface area contributed by atoms with Crippen LogP contribution >= 0.6 is 0 Å². The van der Waals surface area contributed by atoms with Crippen molar-refractivity contribution >= 4 is 99.6 Å². The lowest BCUT2D eigenvalue weighted by Gasteiger charge is -2.29. The number of nitrogens with one attached hydrogen (secondary N) is 13. The first-order valence-corrected chi connectivity index (χ1v) is 35.8. The molecule has 35 nitrogen and oxygen atoms in total. The first-order chi connectivity index (χ1) is 50.2. The molecule has 2 aromatic carbocycles. The third-order valence-corrected chi connectivity index (χ3v) is 17.2. The Morgan fingerprint density at radius 1 is 0.453 bits per heavy atom. The van der Waals surface area contributed by atoms with Crippen molar-refractivity contribution in [1.29, 1.82) is 0 Å². The number of hydrogen-bond donors (Lipinski definition) is 19. The Bertz CT molecular complexity index is 3440. The second-order valence-corrected chi connectivity index (χ2v) is 27.0. The minimum Gasteiger partial charge on any atom is -0.481 e. The second-order valence-electron chi connectivity index (χ2n) is 27.0. The lowest BCUT2D eigenvalue weighted by molar-refractivity contribution is -0.142. The topological polar surface area (TPSA) is 558 Å². The summed E-state index contributed by atoms with van der Waals surface area (Å²) in [6.07, 6.45) is 4.20. The fourth-order valence-corrected chi connectivity index (χ4v) is 11.1. The minimum atomic E-state index is -1.72. The van der Waals surface area contributed by atoms with Gasteiger partial charge in [-0.15, -0.1) is 0 Å². The highest BCUT2D eigenvalue weighted by atomic mass is 16.4. The fraction of sp³-hybridized carbons (Fsp3) is 0.592. The summed E-state index contributed by atoms with van der Waals surface area (Å²) >= 11 is 0. The molecule has 3 rings (SSSR count). The zero-order chi connectivity index (χ0) is 79.3. The third-order valence-electron chi connectivity index (χ3n) is 17.2. The van der Waals surface area contributed by atoms with Gasteiger partial charge < -0.3 is 106 Å². The van der Waals surface area contributed by atoms with Crippen LogP contribution in [0.2, 0.25) is 0 Å². The van der Waals surface area contributed by atoms with Crippen molar-refractivity contribution in [3.05, 3.63) is 71.9 Å². The van der Waals surface area contributed by atoms with E-state index < -0.39 is 194 Å². The van der Waals surface area contributed by atoms with Gasteiger partial charge in [-0.25, -0.2) is 0 Å². The Hall–Kier alpha value is -10.1. The van der Waals surface area contributed by atoms with Crippen LogP contribution in [-0.2, 0) is 84.8 Å². The van der Waals surface area contributed by atoms with Gasteiger partial charge in [0, 0.05) is 49.8 Å². The third kappa shape index (κ3) is 30.9. The number of fused-ring (bicyclic) bond motifs is 1. The zero-order valence-electron chi connectivity index (χ0n) is 61.9. The molecule has 0 fully saturated rings. The number of nitrogens with two attached hydrogens (primary N) is 3. The van der Waals surface area contributed by atoms with Crippen LogP contribution in [0.1, 0.15) is 137 Å². The minimum absolute atomic E-state index is 0.0564. The molecule has 0 bridgehead atoms. The number of carboxylic acids is 2. The number of aromatic nitrogens is 1. The molecule has 0 aliphatic carbocycles. The molecule has 0 aliphatic heterocycles. The number of aromatic amines is 1. The summed E-state index contributed by atoms with van der Waals surface area (Å²) in [7, 11) is 1.23. The molecule has 0 unspecified atom stereocenters. The van der Waals surface area contributed by atoms with Gasteiger partial charge >= 0.3 is 11.9 Å². The predicted octanol–water partition coefficient (Wildman–Crippen LogP) is -2.80. The van der Waals surface area contributed by atoms with E-state index in [2.05, 4.69) is 75.7 Å². The average molecular weight is 1490 g/mol. The summed E-state index contributed by atoms with van der Waals surface area (Å²) in [5.41, 5.74) is 19.3.